The number of nitrogens with zero attached hydrogens (tertiary/aromatic N) is 1. The molecule has 0 saturated carbocycles. The highest BCUT2D eigenvalue weighted by Crippen LogP contribution is 2.36. The third-order valence-electron chi connectivity index (χ3n) is 5.52. The summed E-state index contributed by atoms with van der Waals surface area (Å²) in [6.45, 7) is 5.17. The Morgan fingerprint density at radius 1 is 1.21 bits per heavy atom. The monoisotopic (exact) mass is 352 g/mol. The van der Waals surface area contributed by atoms with Crippen molar-refractivity contribution in [3.05, 3.63) is 35.9 Å². The van der Waals surface area contributed by atoms with E-state index in [9.17, 15) is 4.79 Å². The molecule has 24 heavy (non-hydrogen) atoms. The number of rotatable bonds is 4. The predicted molar refractivity (Wildman–Crippen MR) is 98.3 cm³/mol. The first-order chi connectivity index (χ1) is 11.0. The summed E-state index contributed by atoms with van der Waals surface area (Å²) in [5.41, 5.74) is 7.23. The average molecular weight is 353 g/mol. The van der Waals surface area contributed by atoms with Gasteiger partial charge in [-0.3, -0.25) is 4.79 Å². The first-order valence-corrected chi connectivity index (χ1v) is 8.71. The average Bonchev–Trinajstić information content (AvgIpc) is 2.97. The molecule has 134 valence electrons. The Bertz CT molecular complexity index is 546. The van der Waals surface area contributed by atoms with Gasteiger partial charge in [0.25, 0.3) is 0 Å². The molecule has 0 spiro atoms. The Hall–Kier alpha value is -1.10. The van der Waals surface area contributed by atoms with Gasteiger partial charge in [0, 0.05) is 26.3 Å². The van der Waals surface area contributed by atoms with E-state index in [4.69, 9.17) is 10.5 Å². The molecule has 2 heterocycles. The standard InChI is InChI=1S/C19H28N2O2.ClH/c1-18(8-7-16-5-3-2-4-6-16)9-12-21(15-18)17(22)19(20)10-13-23-14-11-19;/h2-6H,7-15,20H2,1H3;1H. The molecule has 0 aliphatic carbocycles. The summed E-state index contributed by atoms with van der Waals surface area (Å²) in [5.74, 6) is 0.129. The highest BCUT2D eigenvalue weighted by atomic mass is 35.5. The van der Waals surface area contributed by atoms with Gasteiger partial charge in [-0.15, -0.1) is 12.4 Å². The second kappa shape index (κ2) is 7.85. The summed E-state index contributed by atoms with van der Waals surface area (Å²) in [4.78, 5) is 14.8. The third-order valence-corrected chi connectivity index (χ3v) is 5.52. The van der Waals surface area contributed by atoms with E-state index in [0.717, 1.165) is 32.4 Å². The minimum Gasteiger partial charge on any atom is -0.381 e. The number of carbonyl (C=O) groups is 1. The van der Waals surface area contributed by atoms with E-state index in [-0.39, 0.29) is 23.7 Å². The van der Waals surface area contributed by atoms with Crippen LogP contribution in [0.1, 0.15) is 38.2 Å². The molecular formula is C19H29ClN2O2. The first-order valence-electron chi connectivity index (χ1n) is 8.71. The van der Waals surface area contributed by atoms with Gasteiger partial charge in [0.05, 0.1) is 5.54 Å². The molecule has 0 aromatic heterocycles. The number of hydrogen-bond acceptors (Lipinski definition) is 3. The van der Waals surface area contributed by atoms with E-state index >= 15 is 0 Å². The van der Waals surface area contributed by atoms with Crippen molar-refractivity contribution < 1.29 is 9.53 Å². The van der Waals surface area contributed by atoms with Gasteiger partial charge in [-0.05, 0) is 43.1 Å². The summed E-state index contributed by atoms with van der Waals surface area (Å²) in [6, 6.07) is 10.6. The van der Waals surface area contributed by atoms with E-state index in [1.165, 1.54) is 5.56 Å². The lowest BCUT2D eigenvalue weighted by Crippen LogP contribution is -2.57. The maximum atomic E-state index is 12.8. The van der Waals surface area contributed by atoms with E-state index in [1.54, 1.807) is 0 Å². The lowest BCUT2D eigenvalue weighted by molar-refractivity contribution is -0.139. The molecule has 2 fully saturated rings. The van der Waals surface area contributed by atoms with Crippen molar-refractivity contribution in [1.82, 2.24) is 4.90 Å². The lowest BCUT2D eigenvalue weighted by Gasteiger charge is -2.36. The Balaban J connectivity index is 0.00000208. The number of carbonyl (C=O) groups excluding carboxylic acids is 1. The molecule has 1 aromatic rings. The summed E-state index contributed by atoms with van der Waals surface area (Å²) < 4.78 is 5.36. The van der Waals surface area contributed by atoms with Gasteiger partial charge in [-0.1, -0.05) is 37.3 Å². The van der Waals surface area contributed by atoms with Gasteiger partial charge in [-0.2, -0.15) is 0 Å². The van der Waals surface area contributed by atoms with Crippen LogP contribution in [0, 0.1) is 5.41 Å². The summed E-state index contributed by atoms with van der Waals surface area (Å²) >= 11 is 0. The van der Waals surface area contributed by atoms with Crippen molar-refractivity contribution in [3.63, 3.8) is 0 Å². The third kappa shape index (κ3) is 4.29. The maximum Gasteiger partial charge on any atom is 0.242 e. The van der Waals surface area contributed by atoms with Crippen molar-refractivity contribution in [2.45, 2.75) is 44.6 Å². The molecule has 3 rings (SSSR count). The van der Waals surface area contributed by atoms with Crippen LogP contribution in [0.5, 0.6) is 0 Å². The van der Waals surface area contributed by atoms with Gasteiger partial charge >= 0.3 is 0 Å². The highest BCUT2D eigenvalue weighted by molar-refractivity contribution is 5.86. The van der Waals surface area contributed by atoms with Gasteiger partial charge < -0.3 is 15.4 Å². The van der Waals surface area contributed by atoms with E-state index in [1.807, 2.05) is 4.90 Å². The minimum absolute atomic E-state index is 0. The van der Waals surface area contributed by atoms with E-state index in [0.29, 0.717) is 26.1 Å². The Labute approximate surface area is 151 Å². The van der Waals surface area contributed by atoms with Crippen LogP contribution in [0.25, 0.3) is 0 Å². The number of amides is 1. The van der Waals surface area contributed by atoms with Crippen LogP contribution in [0.15, 0.2) is 30.3 Å². The van der Waals surface area contributed by atoms with Crippen molar-refractivity contribution >= 4 is 18.3 Å². The Kier molecular flexibility index (Phi) is 6.29. The highest BCUT2D eigenvalue weighted by Gasteiger charge is 2.43. The fraction of sp³-hybridized carbons (Fsp3) is 0.632. The first kappa shape index (κ1) is 19.2. The summed E-state index contributed by atoms with van der Waals surface area (Å²) in [5, 5.41) is 0. The van der Waals surface area contributed by atoms with Gasteiger partial charge in [-0.25, -0.2) is 0 Å². The summed E-state index contributed by atoms with van der Waals surface area (Å²) in [7, 11) is 0. The predicted octanol–water partition coefficient (Wildman–Crippen LogP) is 2.79. The van der Waals surface area contributed by atoms with Crippen LogP contribution >= 0.6 is 12.4 Å². The van der Waals surface area contributed by atoms with Gasteiger partial charge in [0.2, 0.25) is 5.91 Å². The van der Waals surface area contributed by atoms with Gasteiger partial charge in [0.15, 0.2) is 0 Å². The van der Waals surface area contributed by atoms with Gasteiger partial charge in [0.1, 0.15) is 0 Å². The minimum atomic E-state index is -0.705. The molecule has 2 aliphatic heterocycles. The molecular weight excluding hydrogens is 324 g/mol. The molecule has 2 saturated heterocycles. The zero-order chi connectivity index (χ0) is 16.3. The number of likely N-dealkylation sites (tertiary alicyclic amines) is 1. The molecule has 1 amide bonds. The topological polar surface area (TPSA) is 55.6 Å². The zero-order valence-corrected chi connectivity index (χ0v) is 15.3. The summed E-state index contributed by atoms with van der Waals surface area (Å²) in [6.07, 6.45) is 4.53. The number of aryl methyl sites for hydroxylation is 1. The zero-order valence-electron chi connectivity index (χ0n) is 14.5. The van der Waals surface area contributed by atoms with E-state index in [2.05, 4.69) is 37.3 Å². The number of benzene rings is 1. The quantitative estimate of drug-likeness (QED) is 0.906. The molecule has 2 N–H and O–H groups in total. The molecule has 1 aromatic carbocycles. The maximum absolute atomic E-state index is 12.8. The van der Waals surface area contributed by atoms with Crippen LogP contribution in [-0.2, 0) is 16.0 Å². The van der Waals surface area contributed by atoms with Crippen LogP contribution in [0.3, 0.4) is 0 Å². The molecule has 2 aliphatic rings. The second-order valence-corrected chi connectivity index (χ2v) is 7.54. The fourth-order valence-electron chi connectivity index (χ4n) is 3.76. The Morgan fingerprint density at radius 2 is 1.88 bits per heavy atom. The number of hydrogen-bond donors (Lipinski definition) is 1. The number of nitrogens with two attached hydrogens (primary N) is 1. The Morgan fingerprint density at radius 3 is 2.54 bits per heavy atom. The molecule has 5 heteroatoms. The fourth-order valence-corrected chi connectivity index (χ4v) is 3.76. The lowest BCUT2D eigenvalue weighted by atomic mass is 9.83. The van der Waals surface area contributed by atoms with Crippen molar-refractivity contribution in [3.8, 4) is 0 Å². The molecule has 1 atom stereocenters. The van der Waals surface area contributed by atoms with Crippen molar-refractivity contribution in [2.75, 3.05) is 26.3 Å². The molecule has 0 bridgehead atoms. The smallest absolute Gasteiger partial charge is 0.242 e. The normalized spacial score (nSPS) is 26.0. The van der Waals surface area contributed by atoms with Crippen molar-refractivity contribution in [2.24, 2.45) is 11.1 Å². The largest absolute Gasteiger partial charge is 0.381 e. The van der Waals surface area contributed by atoms with Crippen molar-refractivity contribution in [1.29, 1.82) is 0 Å². The molecule has 1 unspecified atom stereocenters. The molecule has 4 nitrogen and oxygen atoms in total. The number of halogens is 1. The van der Waals surface area contributed by atoms with Crippen LogP contribution in [-0.4, -0.2) is 42.6 Å². The van der Waals surface area contributed by atoms with Crippen LogP contribution in [0.4, 0.5) is 0 Å². The van der Waals surface area contributed by atoms with E-state index < -0.39 is 5.54 Å². The van der Waals surface area contributed by atoms with Crippen LogP contribution in [0.2, 0.25) is 0 Å². The SMILES string of the molecule is CC1(CCc2ccccc2)CCN(C(=O)C2(N)CCOCC2)C1.Cl. The molecule has 0 radical (unpaired) electrons. The number of ether oxygens (including phenoxy) is 1. The van der Waals surface area contributed by atoms with Crippen LogP contribution < -0.4 is 5.73 Å². The second-order valence-electron chi connectivity index (χ2n) is 7.54.